The summed E-state index contributed by atoms with van der Waals surface area (Å²) in [5, 5.41) is 22.9. The molecule has 2 atom stereocenters. The number of hydrogen-bond donors (Lipinski definition) is 3. The standard InChI is InChI=1S/C18H21NO2/c1-12(14-9-15(20)11-16(21)10-14)19-18-8-4-6-13-5-2-3-7-17(13)18/h2-3,5,7,9-12,18-21H,4,6,8H2,1H3. The molecule has 110 valence electrons. The highest BCUT2D eigenvalue weighted by atomic mass is 16.3. The van der Waals surface area contributed by atoms with Crippen molar-refractivity contribution in [1.29, 1.82) is 0 Å². The van der Waals surface area contributed by atoms with Crippen molar-refractivity contribution in [3.8, 4) is 11.5 Å². The van der Waals surface area contributed by atoms with Crippen LogP contribution in [0.1, 0.15) is 48.5 Å². The third-order valence-electron chi connectivity index (χ3n) is 4.25. The quantitative estimate of drug-likeness (QED) is 0.802. The van der Waals surface area contributed by atoms with E-state index in [4.69, 9.17) is 0 Å². The van der Waals surface area contributed by atoms with Gasteiger partial charge in [0.25, 0.3) is 0 Å². The van der Waals surface area contributed by atoms with E-state index in [2.05, 4.69) is 36.5 Å². The smallest absolute Gasteiger partial charge is 0.119 e. The van der Waals surface area contributed by atoms with Gasteiger partial charge in [0.15, 0.2) is 0 Å². The summed E-state index contributed by atoms with van der Waals surface area (Å²) in [5.74, 6) is 0.199. The Bertz CT molecular complexity index is 619. The number of fused-ring (bicyclic) bond motifs is 1. The Morgan fingerprint density at radius 3 is 2.57 bits per heavy atom. The van der Waals surface area contributed by atoms with E-state index in [1.165, 1.54) is 23.6 Å². The van der Waals surface area contributed by atoms with E-state index in [0.717, 1.165) is 18.4 Å². The molecule has 21 heavy (non-hydrogen) atoms. The van der Waals surface area contributed by atoms with Crippen LogP contribution in [0.5, 0.6) is 11.5 Å². The van der Waals surface area contributed by atoms with E-state index in [1.807, 2.05) is 0 Å². The number of benzene rings is 2. The SMILES string of the molecule is CC(NC1CCCc2ccccc21)c1cc(O)cc(O)c1. The van der Waals surface area contributed by atoms with Crippen LogP contribution in [0.2, 0.25) is 0 Å². The lowest BCUT2D eigenvalue weighted by atomic mass is 9.87. The summed E-state index contributed by atoms with van der Waals surface area (Å²) < 4.78 is 0. The number of hydrogen-bond acceptors (Lipinski definition) is 3. The molecule has 3 heteroatoms. The Labute approximate surface area is 125 Å². The maximum absolute atomic E-state index is 9.62. The van der Waals surface area contributed by atoms with Gasteiger partial charge in [-0.05, 0) is 55.0 Å². The highest BCUT2D eigenvalue weighted by Crippen LogP contribution is 2.32. The lowest BCUT2D eigenvalue weighted by molar-refractivity contribution is 0.409. The predicted molar refractivity (Wildman–Crippen MR) is 83.4 cm³/mol. The van der Waals surface area contributed by atoms with Crippen molar-refractivity contribution < 1.29 is 10.2 Å². The molecule has 0 saturated carbocycles. The molecule has 0 spiro atoms. The number of nitrogens with one attached hydrogen (secondary N) is 1. The molecule has 3 nitrogen and oxygen atoms in total. The van der Waals surface area contributed by atoms with E-state index in [-0.39, 0.29) is 17.5 Å². The van der Waals surface area contributed by atoms with Crippen LogP contribution in [0.4, 0.5) is 0 Å². The second-order valence-corrected chi connectivity index (χ2v) is 5.81. The lowest BCUT2D eigenvalue weighted by Gasteiger charge is -2.29. The maximum atomic E-state index is 9.62. The molecular formula is C18H21NO2. The summed E-state index contributed by atoms with van der Waals surface area (Å²) >= 11 is 0. The van der Waals surface area contributed by atoms with E-state index < -0.39 is 0 Å². The Morgan fingerprint density at radius 1 is 1.10 bits per heavy atom. The van der Waals surface area contributed by atoms with Crippen LogP contribution in [0, 0.1) is 0 Å². The first-order valence-corrected chi connectivity index (χ1v) is 7.50. The van der Waals surface area contributed by atoms with Gasteiger partial charge in [-0.1, -0.05) is 24.3 Å². The molecule has 0 saturated heterocycles. The Balaban J connectivity index is 1.81. The van der Waals surface area contributed by atoms with Gasteiger partial charge in [0, 0.05) is 18.2 Å². The average Bonchev–Trinajstić information content (AvgIpc) is 2.46. The van der Waals surface area contributed by atoms with Crippen molar-refractivity contribution in [3.63, 3.8) is 0 Å². The van der Waals surface area contributed by atoms with Gasteiger partial charge in [-0.3, -0.25) is 0 Å². The average molecular weight is 283 g/mol. The van der Waals surface area contributed by atoms with Crippen molar-refractivity contribution in [2.24, 2.45) is 0 Å². The highest BCUT2D eigenvalue weighted by Gasteiger charge is 2.21. The van der Waals surface area contributed by atoms with Gasteiger partial charge in [-0.15, -0.1) is 0 Å². The number of aryl methyl sites for hydroxylation is 1. The molecule has 0 aromatic heterocycles. The zero-order valence-electron chi connectivity index (χ0n) is 12.2. The van der Waals surface area contributed by atoms with Crippen LogP contribution in [0.15, 0.2) is 42.5 Å². The third kappa shape index (κ3) is 3.03. The summed E-state index contributed by atoms with van der Waals surface area (Å²) in [4.78, 5) is 0. The maximum Gasteiger partial charge on any atom is 0.119 e. The molecule has 2 aromatic carbocycles. The normalized spacial score (nSPS) is 19.0. The van der Waals surface area contributed by atoms with Gasteiger partial charge in [0.05, 0.1) is 0 Å². The topological polar surface area (TPSA) is 52.5 Å². The molecule has 0 radical (unpaired) electrons. The number of phenols is 2. The third-order valence-corrected chi connectivity index (χ3v) is 4.25. The molecule has 2 aromatic rings. The first-order chi connectivity index (χ1) is 10.1. The Hall–Kier alpha value is -2.00. The Kier molecular flexibility index (Phi) is 3.84. The molecule has 1 aliphatic carbocycles. The number of phenolic OH excluding ortho intramolecular Hbond substituents is 2. The zero-order valence-corrected chi connectivity index (χ0v) is 12.2. The summed E-state index contributed by atoms with van der Waals surface area (Å²) in [5.41, 5.74) is 3.70. The van der Waals surface area contributed by atoms with Crippen LogP contribution in [0.25, 0.3) is 0 Å². The van der Waals surface area contributed by atoms with Crippen LogP contribution >= 0.6 is 0 Å². The second kappa shape index (κ2) is 5.78. The fourth-order valence-electron chi connectivity index (χ4n) is 3.19. The summed E-state index contributed by atoms with van der Waals surface area (Å²) in [6.45, 7) is 2.06. The largest absolute Gasteiger partial charge is 0.508 e. The van der Waals surface area contributed by atoms with E-state index in [0.29, 0.717) is 6.04 Å². The minimum atomic E-state index is 0.0687. The summed E-state index contributed by atoms with van der Waals surface area (Å²) in [7, 11) is 0. The minimum absolute atomic E-state index is 0.0687. The molecule has 1 aliphatic rings. The van der Waals surface area contributed by atoms with Crippen molar-refractivity contribution in [2.45, 2.75) is 38.3 Å². The number of rotatable bonds is 3. The monoisotopic (exact) mass is 283 g/mol. The molecule has 2 unspecified atom stereocenters. The molecule has 0 aliphatic heterocycles. The summed E-state index contributed by atoms with van der Waals surface area (Å²) in [6, 6.07) is 13.7. The van der Waals surface area contributed by atoms with Gasteiger partial charge in [-0.25, -0.2) is 0 Å². The van der Waals surface area contributed by atoms with Crippen LogP contribution in [-0.2, 0) is 6.42 Å². The molecule has 0 bridgehead atoms. The first-order valence-electron chi connectivity index (χ1n) is 7.50. The molecule has 3 N–H and O–H groups in total. The van der Waals surface area contributed by atoms with Gasteiger partial charge in [-0.2, -0.15) is 0 Å². The predicted octanol–water partition coefficient (Wildman–Crippen LogP) is 3.83. The van der Waals surface area contributed by atoms with Crippen molar-refractivity contribution in [1.82, 2.24) is 5.32 Å². The van der Waals surface area contributed by atoms with E-state index in [1.54, 1.807) is 12.1 Å². The fraction of sp³-hybridized carbons (Fsp3) is 0.333. The van der Waals surface area contributed by atoms with E-state index >= 15 is 0 Å². The molecule has 0 amide bonds. The molecular weight excluding hydrogens is 262 g/mol. The van der Waals surface area contributed by atoms with Crippen molar-refractivity contribution in [3.05, 3.63) is 59.2 Å². The molecule has 0 heterocycles. The number of aromatic hydroxyl groups is 2. The van der Waals surface area contributed by atoms with Gasteiger partial charge in [0.2, 0.25) is 0 Å². The van der Waals surface area contributed by atoms with Crippen molar-refractivity contribution >= 4 is 0 Å². The van der Waals surface area contributed by atoms with Gasteiger partial charge in [0.1, 0.15) is 11.5 Å². The second-order valence-electron chi connectivity index (χ2n) is 5.81. The van der Waals surface area contributed by atoms with Crippen LogP contribution < -0.4 is 5.32 Å². The summed E-state index contributed by atoms with van der Waals surface area (Å²) in [6.07, 6.45) is 3.45. The first kappa shape index (κ1) is 14.0. The lowest BCUT2D eigenvalue weighted by Crippen LogP contribution is -2.27. The zero-order chi connectivity index (χ0) is 14.8. The molecule has 0 fully saturated rings. The highest BCUT2D eigenvalue weighted by molar-refractivity contribution is 5.38. The van der Waals surface area contributed by atoms with Crippen molar-refractivity contribution in [2.75, 3.05) is 0 Å². The minimum Gasteiger partial charge on any atom is -0.508 e. The fourth-order valence-corrected chi connectivity index (χ4v) is 3.19. The van der Waals surface area contributed by atoms with Crippen LogP contribution in [-0.4, -0.2) is 10.2 Å². The molecule has 3 rings (SSSR count). The van der Waals surface area contributed by atoms with Crippen LogP contribution in [0.3, 0.4) is 0 Å². The Morgan fingerprint density at radius 2 is 1.81 bits per heavy atom. The van der Waals surface area contributed by atoms with Gasteiger partial charge >= 0.3 is 0 Å². The van der Waals surface area contributed by atoms with E-state index in [9.17, 15) is 10.2 Å². The van der Waals surface area contributed by atoms with Gasteiger partial charge < -0.3 is 15.5 Å².